The van der Waals surface area contributed by atoms with Gasteiger partial charge in [-0.1, -0.05) is 42.5 Å². The number of H-pyrrole nitrogens is 1. The maximum atomic E-state index is 11.7. The number of hydrogen-bond donors (Lipinski definition) is 3. The molecule has 1 aromatic heterocycles. The summed E-state index contributed by atoms with van der Waals surface area (Å²) in [7, 11) is 0. The lowest BCUT2D eigenvalue weighted by Gasteiger charge is -2.06. The van der Waals surface area contributed by atoms with Crippen LogP contribution in [0.2, 0.25) is 0 Å². The Balaban J connectivity index is 1.51. The van der Waals surface area contributed by atoms with Crippen molar-refractivity contribution in [3.63, 3.8) is 0 Å². The van der Waals surface area contributed by atoms with Crippen LogP contribution in [0.25, 0.3) is 11.0 Å². The van der Waals surface area contributed by atoms with Crippen molar-refractivity contribution in [3.05, 3.63) is 66.0 Å². The molecule has 5 heteroatoms. The van der Waals surface area contributed by atoms with Crippen molar-refractivity contribution in [2.24, 2.45) is 0 Å². The zero-order valence-electron chi connectivity index (χ0n) is 11.5. The highest BCUT2D eigenvalue weighted by molar-refractivity contribution is 5.75. The highest BCUT2D eigenvalue weighted by Gasteiger charge is 2.04. The first-order chi connectivity index (χ1) is 10.3. The molecule has 2 amide bonds. The predicted molar refractivity (Wildman–Crippen MR) is 81.6 cm³/mol. The Morgan fingerprint density at radius 3 is 2.48 bits per heavy atom. The van der Waals surface area contributed by atoms with Gasteiger partial charge in [0.05, 0.1) is 17.6 Å². The molecule has 0 bridgehead atoms. The minimum Gasteiger partial charge on any atom is -0.340 e. The van der Waals surface area contributed by atoms with E-state index in [1.54, 1.807) is 0 Å². The van der Waals surface area contributed by atoms with Gasteiger partial charge in [-0.3, -0.25) is 0 Å². The summed E-state index contributed by atoms with van der Waals surface area (Å²) < 4.78 is 0. The molecule has 3 rings (SSSR count). The fraction of sp³-hybridized carbons (Fsp3) is 0.125. The fourth-order valence-corrected chi connectivity index (χ4v) is 2.09. The maximum Gasteiger partial charge on any atom is 0.315 e. The Hall–Kier alpha value is -2.82. The summed E-state index contributed by atoms with van der Waals surface area (Å²) in [5, 5.41) is 5.60. The summed E-state index contributed by atoms with van der Waals surface area (Å²) in [4.78, 5) is 19.3. The van der Waals surface area contributed by atoms with E-state index in [-0.39, 0.29) is 6.03 Å². The summed E-state index contributed by atoms with van der Waals surface area (Å²) in [5.74, 6) is 0.742. The average Bonchev–Trinajstić information content (AvgIpc) is 2.95. The van der Waals surface area contributed by atoms with Gasteiger partial charge in [-0.15, -0.1) is 0 Å². The van der Waals surface area contributed by atoms with Crippen LogP contribution in [-0.4, -0.2) is 16.0 Å². The van der Waals surface area contributed by atoms with Crippen molar-refractivity contribution < 1.29 is 4.79 Å². The fourth-order valence-electron chi connectivity index (χ4n) is 2.09. The summed E-state index contributed by atoms with van der Waals surface area (Å²) in [6.45, 7) is 0.877. The van der Waals surface area contributed by atoms with Gasteiger partial charge in [0.15, 0.2) is 0 Å². The van der Waals surface area contributed by atoms with Crippen LogP contribution in [-0.2, 0) is 13.1 Å². The molecule has 0 spiro atoms. The predicted octanol–water partition coefficient (Wildman–Crippen LogP) is 2.56. The third-order valence-corrected chi connectivity index (χ3v) is 3.15. The summed E-state index contributed by atoms with van der Waals surface area (Å²) in [6, 6.07) is 17.4. The minimum absolute atomic E-state index is 0.209. The molecule has 3 aromatic rings. The van der Waals surface area contributed by atoms with Crippen LogP contribution < -0.4 is 10.6 Å². The first-order valence-electron chi connectivity index (χ1n) is 6.80. The van der Waals surface area contributed by atoms with Crippen molar-refractivity contribution in [3.8, 4) is 0 Å². The van der Waals surface area contributed by atoms with Gasteiger partial charge in [-0.05, 0) is 17.7 Å². The Morgan fingerprint density at radius 1 is 0.952 bits per heavy atom. The lowest BCUT2D eigenvalue weighted by Crippen LogP contribution is -2.34. The van der Waals surface area contributed by atoms with Crippen LogP contribution in [0.5, 0.6) is 0 Å². The smallest absolute Gasteiger partial charge is 0.315 e. The zero-order chi connectivity index (χ0) is 14.5. The van der Waals surface area contributed by atoms with Crippen LogP contribution >= 0.6 is 0 Å². The lowest BCUT2D eigenvalue weighted by molar-refractivity contribution is 0.240. The molecule has 3 N–H and O–H groups in total. The van der Waals surface area contributed by atoms with Crippen LogP contribution in [0.3, 0.4) is 0 Å². The monoisotopic (exact) mass is 280 g/mol. The number of aromatic nitrogens is 2. The number of amides is 2. The number of para-hydroxylation sites is 2. The standard InChI is InChI=1S/C16H16N4O/c21-16(17-10-12-6-2-1-3-7-12)18-11-15-19-13-8-4-5-9-14(13)20-15/h1-9H,10-11H2,(H,19,20)(H2,17,18,21). The Kier molecular flexibility index (Phi) is 3.82. The normalized spacial score (nSPS) is 10.5. The summed E-state index contributed by atoms with van der Waals surface area (Å²) >= 11 is 0. The first-order valence-corrected chi connectivity index (χ1v) is 6.80. The number of fused-ring (bicyclic) bond motifs is 1. The molecule has 0 saturated carbocycles. The number of carbonyl (C=O) groups is 1. The van der Waals surface area contributed by atoms with Crippen molar-refractivity contribution in [2.75, 3.05) is 0 Å². The number of benzene rings is 2. The highest BCUT2D eigenvalue weighted by Crippen LogP contribution is 2.09. The molecule has 0 saturated heterocycles. The van der Waals surface area contributed by atoms with Crippen molar-refractivity contribution >= 4 is 17.1 Å². The van der Waals surface area contributed by atoms with Gasteiger partial charge in [0.25, 0.3) is 0 Å². The Morgan fingerprint density at radius 2 is 1.67 bits per heavy atom. The van der Waals surface area contributed by atoms with Crippen molar-refractivity contribution in [2.45, 2.75) is 13.1 Å². The van der Waals surface area contributed by atoms with E-state index in [2.05, 4.69) is 20.6 Å². The van der Waals surface area contributed by atoms with E-state index in [9.17, 15) is 4.79 Å². The van der Waals surface area contributed by atoms with Crippen LogP contribution in [0.1, 0.15) is 11.4 Å². The molecular weight excluding hydrogens is 264 g/mol. The maximum absolute atomic E-state index is 11.7. The second-order valence-corrected chi connectivity index (χ2v) is 4.72. The Labute approximate surface area is 122 Å². The number of imidazole rings is 1. The second kappa shape index (κ2) is 6.09. The van der Waals surface area contributed by atoms with Gasteiger partial charge in [0.1, 0.15) is 5.82 Å². The lowest BCUT2D eigenvalue weighted by atomic mass is 10.2. The molecular formula is C16H16N4O. The first kappa shape index (κ1) is 13.2. The number of hydrogen-bond acceptors (Lipinski definition) is 2. The van der Waals surface area contributed by atoms with Crippen molar-refractivity contribution in [1.29, 1.82) is 0 Å². The molecule has 1 heterocycles. The van der Waals surface area contributed by atoms with Crippen molar-refractivity contribution in [1.82, 2.24) is 20.6 Å². The molecule has 106 valence electrons. The van der Waals surface area contributed by atoms with Crippen LogP contribution in [0.15, 0.2) is 54.6 Å². The minimum atomic E-state index is -0.209. The van der Waals surface area contributed by atoms with Gasteiger partial charge < -0.3 is 15.6 Å². The van der Waals surface area contributed by atoms with Gasteiger partial charge >= 0.3 is 6.03 Å². The molecule has 0 aliphatic carbocycles. The number of nitrogens with zero attached hydrogens (tertiary/aromatic N) is 1. The molecule has 5 nitrogen and oxygen atoms in total. The molecule has 0 unspecified atom stereocenters. The van der Waals surface area contributed by atoms with Crippen LogP contribution in [0.4, 0.5) is 4.79 Å². The highest BCUT2D eigenvalue weighted by atomic mass is 16.2. The largest absolute Gasteiger partial charge is 0.340 e. The number of nitrogens with one attached hydrogen (secondary N) is 3. The zero-order valence-corrected chi connectivity index (χ0v) is 11.5. The number of carbonyl (C=O) groups excluding carboxylic acids is 1. The third-order valence-electron chi connectivity index (χ3n) is 3.15. The van der Waals surface area contributed by atoms with Gasteiger partial charge in [-0.2, -0.15) is 0 Å². The molecule has 2 aromatic carbocycles. The molecule has 0 fully saturated rings. The topological polar surface area (TPSA) is 69.8 Å². The van der Waals surface area contributed by atoms with E-state index in [4.69, 9.17) is 0 Å². The quantitative estimate of drug-likeness (QED) is 0.687. The summed E-state index contributed by atoms with van der Waals surface area (Å²) in [5.41, 5.74) is 2.94. The third kappa shape index (κ3) is 3.39. The van der Waals surface area contributed by atoms with Crippen LogP contribution in [0, 0.1) is 0 Å². The van der Waals surface area contributed by atoms with Gasteiger partial charge in [0, 0.05) is 6.54 Å². The van der Waals surface area contributed by atoms with E-state index in [1.807, 2.05) is 54.6 Å². The second-order valence-electron chi connectivity index (χ2n) is 4.72. The Bertz CT molecular complexity index is 703. The SMILES string of the molecule is O=C(NCc1ccccc1)NCc1nc2ccccc2[nH]1. The molecule has 0 aliphatic heterocycles. The number of urea groups is 1. The molecule has 0 aliphatic rings. The van der Waals surface area contributed by atoms with E-state index in [1.165, 1.54) is 0 Å². The van der Waals surface area contributed by atoms with E-state index in [0.29, 0.717) is 13.1 Å². The van der Waals surface area contributed by atoms with E-state index in [0.717, 1.165) is 22.4 Å². The van der Waals surface area contributed by atoms with E-state index >= 15 is 0 Å². The van der Waals surface area contributed by atoms with Gasteiger partial charge in [-0.25, -0.2) is 9.78 Å². The number of aromatic amines is 1. The van der Waals surface area contributed by atoms with E-state index < -0.39 is 0 Å². The molecule has 21 heavy (non-hydrogen) atoms. The summed E-state index contributed by atoms with van der Waals surface area (Å²) in [6.07, 6.45) is 0. The molecule has 0 atom stereocenters. The molecule has 0 radical (unpaired) electrons. The van der Waals surface area contributed by atoms with Gasteiger partial charge in [0.2, 0.25) is 0 Å². The number of rotatable bonds is 4. The average molecular weight is 280 g/mol.